The molecule has 0 aromatic heterocycles. The van der Waals surface area contributed by atoms with Gasteiger partial charge in [0.2, 0.25) is 0 Å². The van der Waals surface area contributed by atoms with E-state index in [1.54, 1.807) is 6.07 Å². The highest BCUT2D eigenvalue weighted by Gasteiger charge is 2.46. The van der Waals surface area contributed by atoms with Crippen LogP contribution in [-0.4, -0.2) is 43.8 Å². The molecule has 23 heavy (non-hydrogen) atoms. The average molecular weight is 385 g/mol. The van der Waals surface area contributed by atoms with Crippen molar-refractivity contribution in [2.75, 3.05) is 32.9 Å². The van der Waals surface area contributed by atoms with Gasteiger partial charge < -0.3 is 19.7 Å². The van der Waals surface area contributed by atoms with Gasteiger partial charge in [-0.15, -0.1) is 0 Å². The van der Waals surface area contributed by atoms with E-state index in [0.29, 0.717) is 30.0 Å². The minimum atomic E-state index is -0.365. The second-order valence-electron chi connectivity index (χ2n) is 6.59. The lowest BCUT2D eigenvalue weighted by Crippen LogP contribution is -2.45. The number of urea groups is 1. The van der Waals surface area contributed by atoms with Crippen LogP contribution < -0.4 is 10.1 Å². The number of carbonyl (C=O) groups excluding carboxylic acids is 1. The van der Waals surface area contributed by atoms with Crippen molar-refractivity contribution in [3.63, 3.8) is 0 Å². The molecule has 124 valence electrons. The number of halogens is 2. The molecule has 1 unspecified atom stereocenters. The van der Waals surface area contributed by atoms with Crippen LogP contribution in [-0.2, 0) is 4.74 Å². The summed E-state index contributed by atoms with van der Waals surface area (Å²) in [5.74, 6) is 0.130. The SMILES string of the molecule is O=C(NC1COc2cc(F)c(Br)cc21)N1CCOCC2(CC2)C1. The normalized spacial score (nSPS) is 24.8. The number of nitrogens with one attached hydrogen (secondary N) is 1. The minimum absolute atomic E-state index is 0.108. The molecule has 2 fully saturated rings. The summed E-state index contributed by atoms with van der Waals surface area (Å²) < 4.78 is 25.0. The molecule has 1 N–H and O–H groups in total. The zero-order chi connectivity index (χ0) is 16.0. The number of hydrogen-bond acceptors (Lipinski definition) is 3. The van der Waals surface area contributed by atoms with Gasteiger partial charge in [-0.25, -0.2) is 9.18 Å². The predicted molar refractivity (Wildman–Crippen MR) is 84.9 cm³/mol. The molecule has 2 aliphatic heterocycles. The number of rotatable bonds is 1. The van der Waals surface area contributed by atoms with Gasteiger partial charge in [-0.3, -0.25) is 0 Å². The quantitative estimate of drug-likeness (QED) is 0.809. The Morgan fingerprint density at radius 3 is 3.04 bits per heavy atom. The van der Waals surface area contributed by atoms with Crippen LogP contribution in [0, 0.1) is 11.2 Å². The van der Waals surface area contributed by atoms with Gasteiger partial charge in [-0.2, -0.15) is 0 Å². The highest BCUT2D eigenvalue weighted by atomic mass is 79.9. The molecule has 1 spiro atoms. The van der Waals surface area contributed by atoms with Crippen LogP contribution in [0.15, 0.2) is 16.6 Å². The lowest BCUT2D eigenvalue weighted by molar-refractivity contribution is 0.115. The zero-order valence-electron chi connectivity index (χ0n) is 12.6. The summed E-state index contributed by atoms with van der Waals surface area (Å²) in [6.45, 7) is 2.99. The Kier molecular flexibility index (Phi) is 3.72. The van der Waals surface area contributed by atoms with E-state index in [1.807, 2.05) is 4.90 Å². The number of benzene rings is 1. The third-order valence-corrected chi connectivity index (χ3v) is 5.42. The fourth-order valence-corrected chi connectivity index (χ4v) is 3.57. The standard InChI is InChI=1S/C16H18BrFN2O3/c17-11-5-10-13(7-23-14(10)6-12(11)18)19-15(21)20-3-4-22-9-16(8-20)1-2-16/h5-6,13H,1-4,7-9H2,(H,19,21). The van der Waals surface area contributed by atoms with Crippen molar-refractivity contribution < 1.29 is 18.7 Å². The van der Waals surface area contributed by atoms with Crippen LogP contribution in [0.5, 0.6) is 5.75 Å². The van der Waals surface area contributed by atoms with E-state index >= 15 is 0 Å². The molecular formula is C16H18BrFN2O3. The highest BCUT2D eigenvalue weighted by molar-refractivity contribution is 9.10. The van der Waals surface area contributed by atoms with Crippen LogP contribution in [0.3, 0.4) is 0 Å². The van der Waals surface area contributed by atoms with E-state index in [-0.39, 0.29) is 23.3 Å². The number of carbonyl (C=O) groups is 1. The van der Waals surface area contributed by atoms with Crippen molar-refractivity contribution in [1.29, 1.82) is 0 Å². The van der Waals surface area contributed by atoms with Crippen molar-refractivity contribution in [1.82, 2.24) is 10.2 Å². The van der Waals surface area contributed by atoms with Gasteiger partial charge in [-0.05, 0) is 34.8 Å². The summed E-state index contributed by atoms with van der Waals surface area (Å²) in [5.41, 5.74) is 0.975. The Labute approximate surface area is 142 Å². The molecular weight excluding hydrogens is 367 g/mol. The number of hydrogen-bond donors (Lipinski definition) is 1. The lowest BCUT2D eigenvalue weighted by atomic mass is 10.1. The van der Waals surface area contributed by atoms with Crippen LogP contribution >= 0.6 is 15.9 Å². The first-order chi connectivity index (χ1) is 11.1. The molecule has 1 aromatic carbocycles. The first kappa shape index (κ1) is 15.2. The maximum Gasteiger partial charge on any atom is 0.318 e. The van der Waals surface area contributed by atoms with Crippen molar-refractivity contribution in [2.45, 2.75) is 18.9 Å². The first-order valence-electron chi connectivity index (χ1n) is 7.81. The lowest BCUT2D eigenvalue weighted by Gasteiger charge is -2.25. The average Bonchev–Trinajstić information content (AvgIpc) is 3.25. The maximum atomic E-state index is 13.6. The largest absolute Gasteiger partial charge is 0.491 e. The van der Waals surface area contributed by atoms with Crippen LogP contribution in [0.2, 0.25) is 0 Å². The number of ether oxygens (including phenoxy) is 2. The van der Waals surface area contributed by atoms with Gasteiger partial charge in [0.25, 0.3) is 0 Å². The molecule has 2 amide bonds. The molecule has 0 bridgehead atoms. The van der Waals surface area contributed by atoms with Gasteiger partial charge in [0.05, 0.1) is 23.7 Å². The van der Waals surface area contributed by atoms with E-state index in [2.05, 4.69) is 21.2 Å². The second kappa shape index (κ2) is 5.63. The summed E-state index contributed by atoms with van der Waals surface area (Å²) in [6, 6.07) is 2.67. The monoisotopic (exact) mass is 384 g/mol. The molecule has 1 atom stereocenters. The van der Waals surface area contributed by atoms with E-state index in [9.17, 15) is 9.18 Å². The molecule has 3 aliphatic rings. The minimum Gasteiger partial charge on any atom is -0.491 e. The fourth-order valence-electron chi connectivity index (χ4n) is 3.21. The van der Waals surface area contributed by atoms with Crippen molar-refractivity contribution in [2.24, 2.45) is 5.41 Å². The molecule has 7 heteroatoms. The topological polar surface area (TPSA) is 50.8 Å². The third kappa shape index (κ3) is 2.92. The van der Waals surface area contributed by atoms with Crippen molar-refractivity contribution >= 4 is 22.0 Å². The Morgan fingerprint density at radius 1 is 1.43 bits per heavy atom. The highest BCUT2D eigenvalue weighted by Crippen LogP contribution is 2.47. The van der Waals surface area contributed by atoms with Gasteiger partial charge in [-0.1, -0.05) is 0 Å². The molecule has 4 rings (SSSR count). The van der Waals surface area contributed by atoms with Crippen molar-refractivity contribution in [3.05, 3.63) is 28.0 Å². The zero-order valence-corrected chi connectivity index (χ0v) is 14.2. The van der Waals surface area contributed by atoms with Crippen LogP contribution in [0.4, 0.5) is 9.18 Å². The smallest absolute Gasteiger partial charge is 0.318 e. The van der Waals surface area contributed by atoms with E-state index in [1.165, 1.54) is 6.07 Å². The molecule has 1 aliphatic carbocycles. The number of fused-ring (bicyclic) bond motifs is 1. The molecule has 5 nitrogen and oxygen atoms in total. The third-order valence-electron chi connectivity index (χ3n) is 4.82. The van der Waals surface area contributed by atoms with Gasteiger partial charge in [0.15, 0.2) is 0 Å². The van der Waals surface area contributed by atoms with E-state index in [4.69, 9.17) is 9.47 Å². The predicted octanol–water partition coefficient (Wildman–Crippen LogP) is 2.84. The van der Waals surface area contributed by atoms with Gasteiger partial charge >= 0.3 is 6.03 Å². The Bertz CT molecular complexity index is 650. The molecule has 0 radical (unpaired) electrons. The van der Waals surface area contributed by atoms with Crippen LogP contribution in [0.1, 0.15) is 24.4 Å². The van der Waals surface area contributed by atoms with Crippen molar-refractivity contribution in [3.8, 4) is 5.75 Å². The van der Waals surface area contributed by atoms with E-state index in [0.717, 1.165) is 31.6 Å². The molecule has 1 saturated carbocycles. The Balaban J connectivity index is 1.47. The van der Waals surface area contributed by atoms with Crippen LogP contribution in [0.25, 0.3) is 0 Å². The summed E-state index contributed by atoms with van der Waals surface area (Å²) in [4.78, 5) is 14.4. The summed E-state index contributed by atoms with van der Waals surface area (Å²) in [7, 11) is 0. The number of amides is 2. The summed E-state index contributed by atoms with van der Waals surface area (Å²) >= 11 is 3.18. The Morgan fingerprint density at radius 2 is 2.26 bits per heavy atom. The molecule has 1 aromatic rings. The molecule has 2 heterocycles. The fraction of sp³-hybridized carbons (Fsp3) is 0.562. The number of nitrogens with zero attached hydrogens (tertiary/aromatic N) is 1. The summed E-state index contributed by atoms with van der Waals surface area (Å²) in [5, 5.41) is 3.01. The van der Waals surface area contributed by atoms with Gasteiger partial charge in [0, 0.05) is 30.1 Å². The second-order valence-corrected chi connectivity index (χ2v) is 7.45. The summed E-state index contributed by atoms with van der Waals surface area (Å²) in [6.07, 6.45) is 2.25. The van der Waals surface area contributed by atoms with E-state index < -0.39 is 0 Å². The Hall–Kier alpha value is -1.34. The first-order valence-corrected chi connectivity index (χ1v) is 8.61. The molecule has 1 saturated heterocycles. The van der Waals surface area contributed by atoms with Gasteiger partial charge in [0.1, 0.15) is 18.2 Å². The maximum absolute atomic E-state index is 13.6.